The van der Waals surface area contributed by atoms with Crippen molar-refractivity contribution in [3.8, 4) is 0 Å². The number of urea groups is 1. The van der Waals surface area contributed by atoms with Crippen LogP contribution in [0.3, 0.4) is 0 Å². The van der Waals surface area contributed by atoms with Gasteiger partial charge in [0.1, 0.15) is 5.82 Å². The number of carbonyl (C=O) groups is 2. The standard InChI is InChI=1S/C15H13FN2O3/c1-18(13-7-3-5-11(16)9-13)15(21)17-12-6-2-4-10(8-12)14(19)20/h2-9H,1H3,(H,17,21)(H,19,20). The van der Waals surface area contributed by atoms with Crippen molar-refractivity contribution in [1.82, 2.24) is 0 Å². The predicted octanol–water partition coefficient (Wildman–Crippen LogP) is 3.19. The molecule has 0 fully saturated rings. The fraction of sp³-hybridized carbons (Fsp3) is 0.0667. The lowest BCUT2D eigenvalue weighted by Crippen LogP contribution is -2.31. The summed E-state index contributed by atoms with van der Waals surface area (Å²) in [5, 5.41) is 11.5. The predicted molar refractivity (Wildman–Crippen MR) is 77.2 cm³/mol. The number of nitrogens with one attached hydrogen (secondary N) is 1. The first-order valence-corrected chi connectivity index (χ1v) is 6.11. The molecule has 2 N–H and O–H groups in total. The van der Waals surface area contributed by atoms with Gasteiger partial charge in [-0.1, -0.05) is 12.1 Å². The van der Waals surface area contributed by atoms with Crippen LogP contribution in [0.25, 0.3) is 0 Å². The molecule has 0 atom stereocenters. The molecule has 0 radical (unpaired) electrons. The molecule has 2 amide bonds. The van der Waals surface area contributed by atoms with E-state index in [0.717, 1.165) is 0 Å². The summed E-state index contributed by atoms with van der Waals surface area (Å²) >= 11 is 0. The van der Waals surface area contributed by atoms with Crippen molar-refractivity contribution < 1.29 is 19.1 Å². The van der Waals surface area contributed by atoms with Crippen molar-refractivity contribution in [2.75, 3.05) is 17.3 Å². The third-order valence-corrected chi connectivity index (χ3v) is 2.86. The highest BCUT2D eigenvalue weighted by atomic mass is 19.1. The molecule has 0 aliphatic carbocycles. The number of hydrogen-bond donors (Lipinski definition) is 2. The van der Waals surface area contributed by atoms with Crippen LogP contribution in [0, 0.1) is 5.82 Å². The number of anilines is 2. The zero-order chi connectivity index (χ0) is 15.4. The smallest absolute Gasteiger partial charge is 0.335 e. The third-order valence-electron chi connectivity index (χ3n) is 2.86. The monoisotopic (exact) mass is 288 g/mol. The van der Waals surface area contributed by atoms with Crippen LogP contribution in [0.4, 0.5) is 20.6 Å². The molecule has 2 aromatic carbocycles. The molecule has 0 aromatic heterocycles. The highest BCUT2D eigenvalue weighted by Gasteiger charge is 2.12. The number of benzene rings is 2. The van der Waals surface area contributed by atoms with Gasteiger partial charge in [-0.25, -0.2) is 14.0 Å². The van der Waals surface area contributed by atoms with E-state index in [1.807, 2.05) is 0 Å². The Morgan fingerprint density at radius 3 is 2.52 bits per heavy atom. The maximum atomic E-state index is 13.1. The Morgan fingerprint density at radius 2 is 1.86 bits per heavy atom. The third kappa shape index (κ3) is 3.56. The number of rotatable bonds is 3. The van der Waals surface area contributed by atoms with Crippen LogP contribution in [-0.4, -0.2) is 24.2 Å². The number of carbonyl (C=O) groups excluding carboxylic acids is 1. The summed E-state index contributed by atoms with van der Waals surface area (Å²) < 4.78 is 13.1. The molecule has 0 heterocycles. The summed E-state index contributed by atoms with van der Waals surface area (Å²) in [5.74, 6) is -1.52. The lowest BCUT2D eigenvalue weighted by Gasteiger charge is -2.18. The maximum Gasteiger partial charge on any atom is 0.335 e. The zero-order valence-electron chi connectivity index (χ0n) is 11.2. The van der Waals surface area contributed by atoms with E-state index >= 15 is 0 Å². The van der Waals surface area contributed by atoms with Gasteiger partial charge in [0.15, 0.2) is 0 Å². The molecule has 0 spiro atoms. The topological polar surface area (TPSA) is 69.6 Å². The van der Waals surface area contributed by atoms with E-state index in [1.54, 1.807) is 12.1 Å². The number of halogens is 1. The van der Waals surface area contributed by atoms with Gasteiger partial charge in [-0.05, 0) is 36.4 Å². The fourth-order valence-corrected chi connectivity index (χ4v) is 1.74. The molecule has 0 unspecified atom stereocenters. The highest BCUT2D eigenvalue weighted by Crippen LogP contribution is 2.16. The van der Waals surface area contributed by atoms with E-state index < -0.39 is 17.8 Å². The molecule has 0 aliphatic rings. The summed E-state index contributed by atoms with van der Waals surface area (Å²) in [7, 11) is 1.49. The van der Waals surface area contributed by atoms with Crippen molar-refractivity contribution >= 4 is 23.4 Å². The van der Waals surface area contributed by atoms with Gasteiger partial charge >= 0.3 is 12.0 Å². The lowest BCUT2D eigenvalue weighted by molar-refractivity contribution is 0.0697. The number of nitrogens with zero attached hydrogens (tertiary/aromatic N) is 1. The first kappa shape index (κ1) is 14.5. The van der Waals surface area contributed by atoms with E-state index in [1.165, 1.54) is 48.3 Å². The molecular weight excluding hydrogens is 275 g/mol. The molecule has 0 saturated carbocycles. The Morgan fingerprint density at radius 1 is 1.14 bits per heavy atom. The van der Waals surface area contributed by atoms with Crippen LogP contribution in [0.2, 0.25) is 0 Å². The van der Waals surface area contributed by atoms with Crippen LogP contribution in [0.15, 0.2) is 48.5 Å². The number of amides is 2. The van der Waals surface area contributed by atoms with Crippen LogP contribution < -0.4 is 10.2 Å². The quantitative estimate of drug-likeness (QED) is 0.911. The van der Waals surface area contributed by atoms with E-state index in [0.29, 0.717) is 11.4 Å². The van der Waals surface area contributed by atoms with Crippen LogP contribution in [0.5, 0.6) is 0 Å². The van der Waals surface area contributed by atoms with Gasteiger partial charge < -0.3 is 10.4 Å². The van der Waals surface area contributed by atoms with Crippen molar-refractivity contribution in [3.05, 3.63) is 59.9 Å². The van der Waals surface area contributed by atoms with Crippen molar-refractivity contribution in [2.24, 2.45) is 0 Å². The summed E-state index contributed by atoms with van der Waals surface area (Å²) in [4.78, 5) is 24.1. The summed E-state index contributed by atoms with van der Waals surface area (Å²) in [6.07, 6.45) is 0. The van der Waals surface area contributed by atoms with Crippen LogP contribution in [0.1, 0.15) is 10.4 Å². The minimum Gasteiger partial charge on any atom is -0.478 e. The van der Waals surface area contributed by atoms with Gasteiger partial charge in [-0.3, -0.25) is 4.90 Å². The zero-order valence-corrected chi connectivity index (χ0v) is 11.2. The fourth-order valence-electron chi connectivity index (χ4n) is 1.74. The highest BCUT2D eigenvalue weighted by molar-refractivity contribution is 6.02. The van der Waals surface area contributed by atoms with E-state index in [2.05, 4.69) is 5.32 Å². The van der Waals surface area contributed by atoms with E-state index in [9.17, 15) is 14.0 Å². The molecule has 0 aliphatic heterocycles. The van der Waals surface area contributed by atoms with Gasteiger partial charge in [0.25, 0.3) is 0 Å². The summed E-state index contributed by atoms with van der Waals surface area (Å²) in [6, 6.07) is 11.0. The van der Waals surface area contributed by atoms with Crippen LogP contribution in [-0.2, 0) is 0 Å². The number of carboxylic acid groups (broad SMARTS) is 1. The number of carboxylic acids is 1. The molecule has 5 nitrogen and oxygen atoms in total. The molecule has 0 saturated heterocycles. The normalized spacial score (nSPS) is 10.0. The number of hydrogen-bond acceptors (Lipinski definition) is 2. The molecule has 2 rings (SSSR count). The Bertz CT molecular complexity index is 688. The number of aromatic carboxylic acids is 1. The maximum absolute atomic E-state index is 13.1. The molecule has 0 bridgehead atoms. The lowest BCUT2D eigenvalue weighted by atomic mass is 10.2. The largest absolute Gasteiger partial charge is 0.478 e. The van der Waals surface area contributed by atoms with E-state index in [4.69, 9.17) is 5.11 Å². The molecular formula is C15H13FN2O3. The SMILES string of the molecule is CN(C(=O)Nc1cccc(C(=O)O)c1)c1cccc(F)c1. The van der Waals surface area contributed by atoms with Gasteiger partial charge in [0.2, 0.25) is 0 Å². The molecule has 21 heavy (non-hydrogen) atoms. The second kappa shape index (κ2) is 6.04. The first-order chi connectivity index (χ1) is 9.97. The second-order valence-corrected chi connectivity index (χ2v) is 4.35. The van der Waals surface area contributed by atoms with Gasteiger partial charge in [0.05, 0.1) is 5.56 Å². The van der Waals surface area contributed by atoms with Crippen molar-refractivity contribution in [3.63, 3.8) is 0 Å². The van der Waals surface area contributed by atoms with Gasteiger partial charge in [-0.2, -0.15) is 0 Å². The second-order valence-electron chi connectivity index (χ2n) is 4.35. The van der Waals surface area contributed by atoms with Crippen molar-refractivity contribution in [2.45, 2.75) is 0 Å². The first-order valence-electron chi connectivity index (χ1n) is 6.11. The average molecular weight is 288 g/mol. The Hall–Kier alpha value is -2.89. The van der Waals surface area contributed by atoms with Crippen LogP contribution >= 0.6 is 0 Å². The minimum absolute atomic E-state index is 0.0706. The Labute approximate surface area is 120 Å². The Balaban J connectivity index is 2.14. The average Bonchev–Trinajstić information content (AvgIpc) is 2.46. The van der Waals surface area contributed by atoms with Gasteiger partial charge in [-0.15, -0.1) is 0 Å². The van der Waals surface area contributed by atoms with Crippen molar-refractivity contribution in [1.29, 1.82) is 0 Å². The van der Waals surface area contributed by atoms with Gasteiger partial charge in [0, 0.05) is 18.4 Å². The Kier molecular flexibility index (Phi) is 4.18. The summed E-state index contributed by atoms with van der Waals surface area (Å²) in [6.45, 7) is 0. The molecule has 108 valence electrons. The van der Waals surface area contributed by atoms with E-state index in [-0.39, 0.29) is 5.56 Å². The minimum atomic E-state index is -1.08. The molecule has 6 heteroatoms. The molecule has 2 aromatic rings. The summed E-state index contributed by atoms with van der Waals surface area (Å²) in [5.41, 5.74) is 0.811.